The maximum Gasteiger partial charge on any atom is 0.262 e. The Bertz CT molecular complexity index is 1430. The van der Waals surface area contributed by atoms with E-state index < -0.39 is 5.92 Å². The van der Waals surface area contributed by atoms with E-state index >= 15 is 0 Å². The SMILES string of the molecule is CCN1C2=C(C(=O)CC(C)(C)C2)C(c2cc(Cl)ccc2OCC(=O)Nc2ccc(Cl)cc2)C2=C1CC(C)(C)CC2=O. The van der Waals surface area contributed by atoms with Gasteiger partial charge in [-0.15, -0.1) is 0 Å². The summed E-state index contributed by atoms with van der Waals surface area (Å²) in [5, 5.41) is 3.84. The number of Topliss-reactive ketones (excluding diaryl/α,β-unsaturated/α-hetero) is 2. The van der Waals surface area contributed by atoms with Crippen molar-refractivity contribution in [2.24, 2.45) is 10.8 Å². The summed E-state index contributed by atoms with van der Waals surface area (Å²) in [6.07, 6.45) is 2.24. The average Bonchev–Trinajstić information content (AvgIpc) is 2.87. The van der Waals surface area contributed by atoms with Crippen LogP contribution in [0.4, 0.5) is 5.69 Å². The van der Waals surface area contributed by atoms with E-state index in [9.17, 15) is 14.4 Å². The summed E-state index contributed by atoms with van der Waals surface area (Å²) in [7, 11) is 0. The third kappa shape index (κ3) is 5.96. The van der Waals surface area contributed by atoms with E-state index in [2.05, 4.69) is 44.8 Å². The quantitative estimate of drug-likeness (QED) is 0.370. The molecule has 0 spiro atoms. The lowest BCUT2D eigenvalue weighted by atomic mass is 9.63. The van der Waals surface area contributed by atoms with Crippen LogP contribution < -0.4 is 10.1 Å². The molecule has 0 fully saturated rings. The number of halogens is 2. The van der Waals surface area contributed by atoms with Gasteiger partial charge < -0.3 is 15.0 Å². The molecule has 2 aliphatic carbocycles. The zero-order valence-corrected chi connectivity index (χ0v) is 25.7. The zero-order valence-electron chi connectivity index (χ0n) is 24.2. The molecule has 8 heteroatoms. The Labute approximate surface area is 251 Å². The van der Waals surface area contributed by atoms with Crippen LogP contribution >= 0.6 is 23.2 Å². The number of allylic oxidation sites excluding steroid dienone is 4. The number of nitrogens with zero attached hydrogens (tertiary/aromatic N) is 1. The van der Waals surface area contributed by atoms with Crippen LogP contribution in [0.2, 0.25) is 10.0 Å². The molecule has 216 valence electrons. The molecular weight excluding hydrogens is 559 g/mol. The second-order valence-corrected chi connectivity index (χ2v) is 13.7. The lowest BCUT2D eigenvalue weighted by Gasteiger charge is -2.49. The number of carbonyl (C=O) groups is 3. The fraction of sp³-hybridized carbons (Fsp3) is 0.424. The third-order valence-corrected chi connectivity index (χ3v) is 8.59. The molecule has 0 bridgehead atoms. The number of rotatable bonds is 6. The maximum absolute atomic E-state index is 13.9. The van der Waals surface area contributed by atoms with Crippen LogP contribution in [-0.2, 0) is 14.4 Å². The van der Waals surface area contributed by atoms with Gasteiger partial charge in [-0.05, 0) is 73.1 Å². The number of hydrogen-bond acceptors (Lipinski definition) is 5. The van der Waals surface area contributed by atoms with Crippen LogP contribution in [0, 0.1) is 10.8 Å². The lowest BCUT2D eigenvalue weighted by Crippen LogP contribution is -2.44. The van der Waals surface area contributed by atoms with E-state index in [0.717, 1.165) is 24.2 Å². The Morgan fingerprint density at radius 1 is 0.878 bits per heavy atom. The van der Waals surface area contributed by atoms with E-state index in [-0.39, 0.29) is 34.9 Å². The maximum atomic E-state index is 13.9. The highest BCUT2D eigenvalue weighted by Gasteiger charge is 2.49. The molecular formula is C33H36Cl2N2O4. The van der Waals surface area contributed by atoms with Crippen molar-refractivity contribution >= 4 is 46.4 Å². The van der Waals surface area contributed by atoms with Crippen molar-refractivity contribution in [3.63, 3.8) is 0 Å². The molecule has 5 rings (SSSR count). The van der Waals surface area contributed by atoms with Gasteiger partial charge >= 0.3 is 0 Å². The molecule has 2 aromatic carbocycles. The standard InChI is InChI=1S/C33H36Cl2N2O4/c1-6-37-23-14-32(2,3)16-25(38)30(23)29(31-24(37)15-33(4,5)17-26(31)39)22-13-20(35)9-12-27(22)41-18-28(40)36-21-10-7-19(34)8-11-21/h7-13,29H,6,14-18H2,1-5H3,(H,36,40). The molecule has 0 aromatic heterocycles. The van der Waals surface area contributed by atoms with Crippen molar-refractivity contribution in [2.45, 2.75) is 66.2 Å². The van der Waals surface area contributed by atoms with Crippen LogP contribution in [0.3, 0.4) is 0 Å². The number of carbonyl (C=O) groups excluding carboxylic acids is 3. The van der Waals surface area contributed by atoms with E-state index in [1.54, 1.807) is 42.5 Å². The highest BCUT2D eigenvalue weighted by molar-refractivity contribution is 6.31. The smallest absolute Gasteiger partial charge is 0.262 e. The molecule has 41 heavy (non-hydrogen) atoms. The van der Waals surface area contributed by atoms with Gasteiger partial charge in [0, 0.05) is 69.1 Å². The van der Waals surface area contributed by atoms with Crippen LogP contribution in [0.15, 0.2) is 65.0 Å². The Hall–Kier alpha value is -3.09. The van der Waals surface area contributed by atoms with Crippen molar-refractivity contribution in [3.05, 3.63) is 80.6 Å². The molecule has 0 saturated carbocycles. The molecule has 3 aliphatic rings. The molecule has 1 heterocycles. The van der Waals surface area contributed by atoms with Crippen molar-refractivity contribution in [2.75, 3.05) is 18.5 Å². The lowest BCUT2D eigenvalue weighted by molar-refractivity contribution is -0.120. The van der Waals surface area contributed by atoms with Crippen molar-refractivity contribution in [1.29, 1.82) is 0 Å². The Kier molecular flexibility index (Phi) is 7.86. The van der Waals surface area contributed by atoms with Crippen LogP contribution in [-0.4, -0.2) is 35.5 Å². The Balaban J connectivity index is 1.58. The normalized spacial score (nSPS) is 20.1. The average molecular weight is 596 g/mol. The van der Waals surface area contributed by atoms with Gasteiger partial charge in [-0.25, -0.2) is 0 Å². The molecule has 1 amide bonds. The summed E-state index contributed by atoms with van der Waals surface area (Å²) in [5.74, 6) is -0.460. The third-order valence-electron chi connectivity index (χ3n) is 8.11. The van der Waals surface area contributed by atoms with E-state index in [4.69, 9.17) is 27.9 Å². The molecule has 6 nitrogen and oxygen atoms in total. The van der Waals surface area contributed by atoms with Crippen LogP contribution in [0.25, 0.3) is 0 Å². The minimum absolute atomic E-state index is 0.0373. The number of anilines is 1. The molecule has 1 N–H and O–H groups in total. The van der Waals surface area contributed by atoms with Gasteiger partial charge in [0.15, 0.2) is 18.2 Å². The first-order valence-corrected chi connectivity index (χ1v) is 14.8. The fourth-order valence-electron chi connectivity index (χ4n) is 6.49. The number of hydrogen-bond donors (Lipinski definition) is 1. The van der Waals surface area contributed by atoms with Gasteiger partial charge in [0.05, 0.1) is 0 Å². The predicted octanol–water partition coefficient (Wildman–Crippen LogP) is 7.72. The van der Waals surface area contributed by atoms with Crippen LogP contribution in [0.5, 0.6) is 5.75 Å². The predicted molar refractivity (Wildman–Crippen MR) is 162 cm³/mol. The second-order valence-electron chi connectivity index (χ2n) is 12.8. The minimum atomic E-state index is -0.608. The Morgan fingerprint density at radius 3 is 1.95 bits per heavy atom. The first-order chi connectivity index (χ1) is 19.3. The Morgan fingerprint density at radius 2 is 1.41 bits per heavy atom. The van der Waals surface area contributed by atoms with Gasteiger partial charge in [-0.2, -0.15) is 0 Å². The molecule has 1 aliphatic heterocycles. The van der Waals surface area contributed by atoms with Gasteiger partial charge in [0.2, 0.25) is 0 Å². The zero-order chi connectivity index (χ0) is 29.7. The molecule has 2 aromatic rings. The first kappa shape index (κ1) is 29.4. The van der Waals surface area contributed by atoms with Crippen LogP contribution in [0.1, 0.15) is 71.8 Å². The fourth-order valence-corrected chi connectivity index (χ4v) is 6.80. The van der Waals surface area contributed by atoms with Crippen molar-refractivity contribution < 1.29 is 19.1 Å². The van der Waals surface area contributed by atoms with Gasteiger partial charge in [0.1, 0.15) is 5.75 Å². The van der Waals surface area contributed by atoms with E-state index in [1.165, 1.54) is 0 Å². The molecule has 0 atom stereocenters. The van der Waals surface area contributed by atoms with E-state index in [0.29, 0.717) is 57.6 Å². The summed E-state index contributed by atoms with van der Waals surface area (Å²) in [6, 6.07) is 12.0. The van der Waals surface area contributed by atoms with Crippen molar-refractivity contribution in [3.8, 4) is 5.75 Å². The minimum Gasteiger partial charge on any atom is -0.483 e. The summed E-state index contributed by atoms with van der Waals surface area (Å²) in [5.41, 5.74) is 4.09. The number of amides is 1. The largest absolute Gasteiger partial charge is 0.483 e. The summed E-state index contributed by atoms with van der Waals surface area (Å²) < 4.78 is 6.09. The topological polar surface area (TPSA) is 75.7 Å². The van der Waals surface area contributed by atoms with Gasteiger partial charge in [-0.1, -0.05) is 50.9 Å². The molecule has 0 unspecified atom stereocenters. The highest BCUT2D eigenvalue weighted by Crippen LogP contribution is 2.55. The number of ketones is 2. The van der Waals surface area contributed by atoms with Crippen molar-refractivity contribution in [1.82, 2.24) is 4.90 Å². The highest BCUT2D eigenvalue weighted by atomic mass is 35.5. The second kappa shape index (κ2) is 11.0. The number of benzene rings is 2. The summed E-state index contributed by atoms with van der Waals surface area (Å²) >= 11 is 12.5. The molecule has 0 radical (unpaired) electrons. The summed E-state index contributed by atoms with van der Waals surface area (Å²) in [6.45, 7) is 10.9. The first-order valence-electron chi connectivity index (χ1n) is 14.1. The number of ether oxygens (including phenoxy) is 1. The van der Waals surface area contributed by atoms with E-state index in [1.807, 2.05) is 0 Å². The van der Waals surface area contributed by atoms with Gasteiger partial charge in [0.25, 0.3) is 5.91 Å². The van der Waals surface area contributed by atoms with Gasteiger partial charge in [-0.3, -0.25) is 14.4 Å². The molecule has 0 saturated heterocycles. The number of nitrogens with one attached hydrogen (secondary N) is 1. The summed E-state index contributed by atoms with van der Waals surface area (Å²) in [4.78, 5) is 42.8. The monoisotopic (exact) mass is 594 g/mol.